The molecule has 1 spiro atoms. The molecule has 2 aliphatic rings. The largest absolute Gasteiger partial charge is 0.301 e. The number of nitrogens with zero attached hydrogens (tertiary/aromatic N) is 3. The van der Waals surface area contributed by atoms with Gasteiger partial charge in [-0.05, 0) is 58.5 Å². The van der Waals surface area contributed by atoms with Crippen molar-refractivity contribution in [2.24, 2.45) is 5.41 Å². The minimum absolute atomic E-state index is 0.0117. The summed E-state index contributed by atoms with van der Waals surface area (Å²) in [6, 6.07) is 8.18. The molecule has 2 aliphatic heterocycles. The number of carbonyl (C=O) groups is 1. The number of benzene rings is 1. The molecule has 7 nitrogen and oxygen atoms in total. The van der Waals surface area contributed by atoms with Gasteiger partial charge in [0.2, 0.25) is 15.9 Å². The van der Waals surface area contributed by atoms with E-state index in [0.29, 0.717) is 18.2 Å². The van der Waals surface area contributed by atoms with E-state index in [-0.39, 0.29) is 16.9 Å². The van der Waals surface area contributed by atoms with Gasteiger partial charge >= 0.3 is 0 Å². The lowest BCUT2D eigenvalue weighted by atomic mass is 9.74. The van der Waals surface area contributed by atoms with Gasteiger partial charge in [-0.2, -0.15) is 4.31 Å². The van der Waals surface area contributed by atoms with E-state index in [1.54, 1.807) is 4.31 Å². The molecule has 1 amide bonds. The molecule has 2 fully saturated rings. The molecule has 1 aromatic heterocycles. The number of anilines is 1. The van der Waals surface area contributed by atoms with Gasteiger partial charge in [-0.1, -0.05) is 29.8 Å². The zero-order valence-corrected chi connectivity index (χ0v) is 20.9. The highest BCUT2D eigenvalue weighted by Crippen LogP contribution is 2.48. The molecule has 174 valence electrons. The van der Waals surface area contributed by atoms with E-state index in [1.165, 1.54) is 23.2 Å². The number of piperidine rings is 1. The van der Waals surface area contributed by atoms with Crippen molar-refractivity contribution in [3.05, 3.63) is 35.2 Å². The van der Waals surface area contributed by atoms with E-state index < -0.39 is 10.0 Å². The SMILES string of the molecule is Cc1ccc(-c2csc(NC(=O)CN3CCC4(CC3)CN(S(C)(=O)=O)C(C)(C)C4)n2)cc1. The Hall–Kier alpha value is -1.81. The number of sulfonamides is 1. The molecule has 2 saturated heterocycles. The zero-order valence-electron chi connectivity index (χ0n) is 19.2. The molecule has 0 bridgehead atoms. The first-order chi connectivity index (χ1) is 15.0. The summed E-state index contributed by atoms with van der Waals surface area (Å²) in [6.45, 7) is 8.59. The number of carbonyl (C=O) groups excluding carboxylic acids is 1. The molecule has 32 heavy (non-hydrogen) atoms. The van der Waals surface area contributed by atoms with Crippen LogP contribution < -0.4 is 5.32 Å². The minimum atomic E-state index is -3.22. The topological polar surface area (TPSA) is 82.6 Å². The quantitative estimate of drug-likeness (QED) is 0.713. The molecule has 0 unspecified atom stereocenters. The Kier molecular flexibility index (Phi) is 6.21. The predicted molar refractivity (Wildman–Crippen MR) is 129 cm³/mol. The van der Waals surface area contributed by atoms with E-state index >= 15 is 0 Å². The predicted octanol–water partition coefficient (Wildman–Crippen LogP) is 3.58. The Labute approximate surface area is 194 Å². The lowest BCUT2D eigenvalue weighted by Crippen LogP contribution is -2.45. The second kappa shape index (κ2) is 8.52. The second-order valence-electron chi connectivity index (χ2n) is 9.99. The van der Waals surface area contributed by atoms with Crippen LogP contribution in [0.5, 0.6) is 0 Å². The van der Waals surface area contributed by atoms with E-state index in [1.807, 2.05) is 38.3 Å². The number of nitrogens with one attached hydrogen (secondary N) is 1. The molecular weight excluding hydrogens is 444 g/mol. The number of aromatic nitrogens is 1. The smallest absolute Gasteiger partial charge is 0.240 e. The van der Waals surface area contributed by atoms with Crippen LogP contribution in [0.3, 0.4) is 0 Å². The fourth-order valence-corrected chi connectivity index (χ4v) is 7.42. The summed E-state index contributed by atoms with van der Waals surface area (Å²) in [4.78, 5) is 19.3. The Morgan fingerprint density at radius 2 is 1.84 bits per heavy atom. The highest BCUT2D eigenvalue weighted by Gasteiger charge is 2.52. The van der Waals surface area contributed by atoms with Crippen LogP contribution in [0.15, 0.2) is 29.6 Å². The monoisotopic (exact) mass is 476 g/mol. The van der Waals surface area contributed by atoms with Crippen molar-refractivity contribution in [2.45, 2.75) is 45.6 Å². The van der Waals surface area contributed by atoms with Crippen molar-refractivity contribution >= 4 is 32.4 Å². The molecule has 1 aromatic carbocycles. The maximum Gasteiger partial charge on any atom is 0.240 e. The number of hydrogen-bond acceptors (Lipinski definition) is 6. The fraction of sp³-hybridized carbons (Fsp3) is 0.565. The first kappa shape index (κ1) is 23.4. The average Bonchev–Trinajstić information content (AvgIpc) is 3.26. The summed E-state index contributed by atoms with van der Waals surface area (Å²) in [5, 5.41) is 5.50. The maximum atomic E-state index is 12.6. The summed E-state index contributed by atoms with van der Waals surface area (Å²) in [5.74, 6) is -0.0599. The van der Waals surface area contributed by atoms with Gasteiger partial charge in [-0.15, -0.1) is 11.3 Å². The minimum Gasteiger partial charge on any atom is -0.301 e. The van der Waals surface area contributed by atoms with Crippen molar-refractivity contribution in [3.8, 4) is 11.3 Å². The molecule has 0 saturated carbocycles. The van der Waals surface area contributed by atoms with Crippen LogP contribution >= 0.6 is 11.3 Å². The van der Waals surface area contributed by atoms with Gasteiger partial charge in [0.25, 0.3) is 0 Å². The number of rotatable bonds is 5. The molecule has 3 heterocycles. The summed E-state index contributed by atoms with van der Waals surface area (Å²) >= 11 is 1.43. The molecular formula is C23H32N4O3S2. The van der Waals surface area contributed by atoms with Gasteiger partial charge in [0.15, 0.2) is 5.13 Å². The van der Waals surface area contributed by atoms with E-state index in [0.717, 1.165) is 43.6 Å². The number of thiazole rings is 1. The number of aryl methyl sites for hydroxylation is 1. The van der Waals surface area contributed by atoms with E-state index in [9.17, 15) is 13.2 Å². The molecule has 2 aromatic rings. The summed E-state index contributed by atoms with van der Waals surface area (Å²) in [7, 11) is -3.22. The Morgan fingerprint density at radius 1 is 1.19 bits per heavy atom. The van der Waals surface area contributed by atoms with Crippen LogP contribution in [-0.2, 0) is 14.8 Å². The van der Waals surface area contributed by atoms with Crippen molar-refractivity contribution in [1.82, 2.24) is 14.2 Å². The van der Waals surface area contributed by atoms with Crippen molar-refractivity contribution in [2.75, 3.05) is 37.8 Å². The molecule has 0 atom stereocenters. The second-order valence-corrected chi connectivity index (χ2v) is 12.8. The van der Waals surface area contributed by atoms with Crippen LogP contribution in [0.4, 0.5) is 5.13 Å². The van der Waals surface area contributed by atoms with Gasteiger partial charge in [-0.25, -0.2) is 13.4 Å². The first-order valence-electron chi connectivity index (χ1n) is 11.0. The summed E-state index contributed by atoms with van der Waals surface area (Å²) in [6.07, 6.45) is 3.99. The van der Waals surface area contributed by atoms with E-state index in [4.69, 9.17) is 0 Å². The third-order valence-corrected chi connectivity index (χ3v) is 8.93. The number of amides is 1. The van der Waals surface area contributed by atoms with Crippen LogP contribution in [0.2, 0.25) is 0 Å². The van der Waals surface area contributed by atoms with Crippen LogP contribution in [0.25, 0.3) is 11.3 Å². The third kappa shape index (κ3) is 5.06. The Balaban J connectivity index is 1.30. The molecule has 0 aliphatic carbocycles. The van der Waals surface area contributed by atoms with Gasteiger partial charge in [-0.3, -0.25) is 9.69 Å². The first-order valence-corrected chi connectivity index (χ1v) is 13.7. The Morgan fingerprint density at radius 3 is 2.44 bits per heavy atom. The number of likely N-dealkylation sites (tertiary alicyclic amines) is 1. The molecule has 1 N–H and O–H groups in total. The van der Waals surface area contributed by atoms with Gasteiger partial charge in [0.1, 0.15) is 0 Å². The van der Waals surface area contributed by atoms with Crippen LogP contribution in [-0.4, -0.2) is 66.5 Å². The standard InChI is InChI=1S/C23H32N4O3S2/c1-17-5-7-18(8-6-17)19-14-31-21(24-19)25-20(28)13-26-11-9-23(10-12-26)15-22(2,3)27(16-23)32(4,29)30/h5-8,14H,9-13,15-16H2,1-4H3,(H,24,25,28). The highest BCUT2D eigenvalue weighted by atomic mass is 32.2. The molecule has 9 heteroatoms. The van der Waals surface area contributed by atoms with Crippen molar-refractivity contribution in [3.63, 3.8) is 0 Å². The lowest BCUT2D eigenvalue weighted by molar-refractivity contribution is -0.117. The third-order valence-electron chi connectivity index (χ3n) is 6.74. The highest BCUT2D eigenvalue weighted by molar-refractivity contribution is 7.88. The maximum absolute atomic E-state index is 12.6. The van der Waals surface area contributed by atoms with Gasteiger partial charge < -0.3 is 5.32 Å². The van der Waals surface area contributed by atoms with E-state index in [2.05, 4.69) is 27.3 Å². The Bertz CT molecular complexity index is 1080. The van der Waals surface area contributed by atoms with Gasteiger partial charge in [0, 0.05) is 23.0 Å². The average molecular weight is 477 g/mol. The van der Waals surface area contributed by atoms with Crippen LogP contribution in [0.1, 0.15) is 38.7 Å². The van der Waals surface area contributed by atoms with Gasteiger partial charge in [0.05, 0.1) is 18.5 Å². The number of hydrogen-bond donors (Lipinski definition) is 1. The van der Waals surface area contributed by atoms with Crippen LogP contribution in [0, 0.1) is 12.3 Å². The zero-order chi connectivity index (χ0) is 23.1. The lowest BCUT2D eigenvalue weighted by Gasteiger charge is -2.39. The summed E-state index contributed by atoms with van der Waals surface area (Å²) in [5.41, 5.74) is 2.76. The normalized spacial score (nSPS) is 21.1. The van der Waals surface area contributed by atoms with Crippen molar-refractivity contribution in [1.29, 1.82) is 0 Å². The molecule has 0 radical (unpaired) electrons. The fourth-order valence-electron chi connectivity index (χ4n) is 5.22. The summed E-state index contributed by atoms with van der Waals surface area (Å²) < 4.78 is 26.1. The van der Waals surface area contributed by atoms with Crippen molar-refractivity contribution < 1.29 is 13.2 Å². The molecule has 4 rings (SSSR count).